The van der Waals surface area contributed by atoms with Crippen LogP contribution in [-0.2, 0) is 0 Å². The van der Waals surface area contributed by atoms with Crippen molar-refractivity contribution in [1.82, 2.24) is 29.5 Å². The highest BCUT2D eigenvalue weighted by molar-refractivity contribution is 6.10. The van der Waals surface area contributed by atoms with Gasteiger partial charge in [-0.25, -0.2) is 24.9 Å². The predicted molar refractivity (Wildman–Crippen MR) is 249 cm³/mol. The number of fused-ring (bicyclic) bond motifs is 9. The Morgan fingerprint density at radius 2 is 1.11 bits per heavy atom. The van der Waals surface area contributed by atoms with E-state index in [1.165, 1.54) is 5.39 Å². The molecule has 0 bridgehead atoms. The highest BCUT2D eigenvalue weighted by atomic mass is 16.5. The number of aromatic nitrogens is 6. The fourth-order valence-corrected chi connectivity index (χ4v) is 9.29. The molecule has 1 aliphatic carbocycles. The average molecular weight is 811 g/mol. The molecule has 2 aliphatic rings. The number of hydrogen-bond acceptors (Lipinski definition) is 7. The summed E-state index contributed by atoms with van der Waals surface area (Å²) in [6, 6.07) is 60.0. The topological polar surface area (TPSA) is 91.8 Å². The maximum Gasteiger partial charge on any atom is 0.180 e. The summed E-state index contributed by atoms with van der Waals surface area (Å²) in [5, 5.41) is 3.30. The van der Waals surface area contributed by atoms with Gasteiger partial charge in [0.1, 0.15) is 28.6 Å². The molecule has 0 N–H and O–H groups in total. The summed E-state index contributed by atoms with van der Waals surface area (Å²) in [5.41, 5.74) is 11.9. The van der Waals surface area contributed by atoms with Crippen LogP contribution in [0.15, 0.2) is 199 Å². The number of allylic oxidation sites excluding steroid dienone is 2. The predicted octanol–water partition coefficient (Wildman–Crippen LogP) is 12.8. The standard InChI is InChI=1S/C55H34N6O2/c1-4-15-33(16-5-1)48-51-49(41-22-11-13-26-46(41)63-51)57-55(56-48)42-24-14-23-40-43-31-35(28-30-47(43)62-50(40)42)53-58-52(34-17-6-2-7-18-34)59-54(60-53)36-27-29-39-38-21-10-12-25-44(38)61(45(39)32-36)37-19-8-3-9-20-37/h1-32,40,50H. The number of para-hydroxylation sites is 3. The number of rotatable bonds is 6. The molecule has 2 unspecified atom stereocenters. The number of hydrogen-bond donors (Lipinski definition) is 0. The summed E-state index contributed by atoms with van der Waals surface area (Å²) in [7, 11) is 0. The molecule has 8 nitrogen and oxygen atoms in total. The van der Waals surface area contributed by atoms with Crippen molar-refractivity contribution in [3.63, 3.8) is 0 Å². The van der Waals surface area contributed by atoms with Gasteiger partial charge in [0.05, 0.1) is 11.0 Å². The van der Waals surface area contributed by atoms with E-state index in [-0.39, 0.29) is 12.0 Å². The maximum absolute atomic E-state index is 6.82. The smallest absolute Gasteiger partial charge is 0.180 e. The molecule has 0 amide bonds. The molecule has 0 saturated carbocycles. The summed E-state index contributed by atoms with van der Waals surface area (Å²) in [6.07, 6.45) is 6.02. The van der Waals surface area contributed by atoms with Gasteiger partial charge in [0.2, 0.25) is 0 Å². The molecular formula is C55H34N6O2. The van der Waals surface area contributed by atoms with Crippen molar-refractivity contribution in [1.29, 1.82) is 0 Å². The lowest BCUT2D eigenvalue weighted by atomic mass is 9.86. The number of benzene rings is 7. The lowest BCUT2D eigenvalue weighted by Crippen LogP contribution is -2.22. The number of furan rings is 1. The Balaban J connectivity index is 0.915. The summed E-state index contributed by atoms with van der Waals surface area (Å²) >= 11 is 0. The highest BCUT2D eigenvalue weighted by Gasteiger charge is 2.39. The molecule has 2 atom stereocenters. The fourth-order valence-electron chi connectivity index (χ4n) is 9.29. The lowest BCUT2D eigenvalue weighted by Gasteiger charge is -2.22. The molecular weight excluding hydrogens is 777 g/mol. The third-order valence-corrected chi connectivity index (χ3v) is 12.2. The Labute approximate surface area is 361 Å². The van der Waals surface area contributed by atoms with Gasteiger partial charge in [-0.3, -0.25) is 0 Å². The summed E-state index contributed by atoms with van der Waals surface area (Å²) in [6.45, 7) is 0. The Hall–Kier alpha value is -8.49. The zero-order valence-electron chi connectivity index (χ0n) is 33.6. The van der Waals surface area contributed by atoms with Gasteiger partial charge in [-0.1, -0.05) is 140 Å². The lowest BCUT2D eigenvalue weighted by molar-refractivity contribution is 0.277. The Morgan fingerprint density at radius 1 is 0.476 bits per heavy atom. The molecule has 63 heavy (non-hydrogen) atoms. The monoisotopic (exact) mass is 810 g/mol. The fraction of sp³-hybridized carbons (Fsp3) is 0.0364. The van der Waals surface area contributed by atoms with Crippen molar-refractivity contribution in [3.8, 4) is 56.9 Å². The van der Waals surface area contributed by atoms with Crippen LogP contribution in [0.1, 0.15) is 17.3 Å². The van der Waals surface area contributed by atoms with Crippen LogP contribution in [0.25, 0.3) is 101 Å². The molecule has 4 aromatic heterocycles. The zero-order chi connectivity index (χ0) is 41.4. The van der Waals surface area contributed by atoms with Gasteiger partial charge in [-0.2, -0.15) is 0 Å². The second-order valence-electron chi connectivity index (χ2n) is 16.0. The van der Waals surface area contributed by atoms with Gasteiger partial charge in [0.15, 0.2) is 28.9 Å². The second kappa shape index (κ2) is 14.0. The SMILES string of the molecule is C1=CC2c3cc(-c4nc(-c5ccccc5)nc(-c5ccc6c7ccccc7n(-c7ccccc7)c6c5)n4)ccc3OC2C(c2nc(-c3ccccc3)c3oc4ccccc4c3n2)=C1. The molecule has 296 valence electrons. The van der Waals surface area contributed by atoms with Crippen molar-refractivity contribution < 1.29 is 9.15 Å². The molecule has 0 radical (unpaired) electrons. The van der Waals surface area contributed by atoms with E-state index in [4.69, 9.17) is 34.1 Å². The first kappa shape index (κ1) is 35.3. The third-order valence-electron chi connectivity index (χ3n) is 12.2. The molecule has 8 heteroatoms. The van der Waals surface area contributed by atoms with Crippen LogP contribution >= 0.6 is 0 Å². The molecule has 0 saturated heterocycles. The van der Waals surface area contributed by atoms with E-state index in [1.807, 2.05) is 91.0 Å². The largest absolute Gasteiger partial charge is 0.484 e. The Bertz CT molecular complexity index is 3670. The van der Waals surface area contributed by atoms with Crippen LogP contribution in [0, 0.1) is 0 Å². The highest BCUT2D eigenvalue weighted by Crippen LogP contribution is 2.47. The normalized spacial score (nSPS) is 15.5. The minimum absolute atomic E-state index is 0.0854. The van der Waals surface area contributed by atoms with Crippen LogP contribution in [0.2, 0.25) is 0 Å². The summed E-state index contributed by atoms with van der Waals surface area (Å²) in [4.78, 5) is 25.8. The van der Waals surface area contributed by atoms with Gasteiger partial charge in [-0.15, -0.1) is 0 Å². The van der Waals surface area contributed by atoms with E-state index < -0.39 is 0 Å². The van der Waals surface area contributed by atoms with Gasteiger partial charge in [0, 0.05) is 61.2 Å². The van der Waals surface area contributed by atoms with E-state index >= 15 is 0 Å². The van der Waals surface area contributed by atoms with E-state index in [0.717, 1.165) is 83.4 Å². The van der Waals surface area contributed by atoms with Crippen LogP contribution < -0.4 is 4.74 Å². The first-order chi connectivity index (χ1) is 31.2. The van der Waals surface area contributed by atoms with Crippen molar-refractivity contribution >= 4 is 49.4 Å². The average Bonchev–Trinajstić information content (AvgIpc) is 4.03. The Kier molecular flexibility index (Phi) is 7.86. The van der Waals surface area contributed by atoms with Crippen molar-refractivity contribution in [2.45, 2.75) is 12.0 Å². The van der Waals surface area contributed by atoms with Crippen LogP contribution in [0.3, 0.4) is 0 Å². The van der Waals surface area contributed by atoms with Crippen molar-refractivity contribution in [3.05, 3.63) is 206 Å². The molecule has 0 fully saturated rings. The van der Waals surface area contributed by atoms with E-state index in [0.29, 0.717) is 28.9 Å². The number of nitrogens with zero attached hydrogens (tertiary/aromatic N) is 6. The van der Waals surface area contributed by atoms with E-state index in [9.17, 15) is 0 Å². The van der Waals surface area contributed by atoms with E-state index in [1.54, 1.807) is 0 Å². The van der Waals surface area contributed by atoms with Crippen LogP contribution in [0.4, 0.5) is 0 Å². The second-order valence-corrected chi connectivity index (χ2v) is 16.0. The molecule has 13 rings (SSSR count). The molecule has 0 spiro atoms. The van der Waals surface area contributed by atoms with Crippen molar-refractivity contribution in [2.24, 2.45) is 0 Å². The third kappa shape index (κ3) is 5.72. The van der Waals surface area contributed by atoms with E-state index in [2.05, 4.69) is 108 Å². The van der Waals surface area contributed by atoms with Gasteiger partial charge in [-0.05, 0) is 54.6 Å². The van der Waals surface area contributed by atoms with Gasteiger partial charge < -0.3 is 13.7 Å². The molecule has 1 aliphatic heterocycles. The quantitative estimate of drug-likeness (QED) is 0.165. The summed E-state index contributed by atoms with van der Waals surface area (Å²) < 4.78 is 15.5. The van der Waals surface area contributed by atoms with Gasteiger partial charge >= 0.3 is 0 Å². The Morgan fingerprint density at radius 3 is 1.90 bits per heavy atom. The molecule has 7 aromatic carbocycles. The minimum Gasteiger partial charge on any atom is -0.484 e. The first-order valence-electron chi connectivity index (χ1n) is 21.1. The maximum atomic E-state index is 6.82. The van der Waals surface area contributed by atoms with Crippen LogP contribution in [-0.4, -0.2) is 35.6 Å². The molecule has 5 heterocycles. The number of ether oxygens (including phenoxy) is 1. The molecule has 11 aromatic rings. The van der Waals surface area contributed by atoms with Gasteiger partial charge in [0.25, 0.3) is 0 Å². The van der Waals surface area contributed by atoms with Crippen molar-refractivity contribution in [2.75, 3.05) is 0 Å². The minimum atomic E-state index is -0.337. The zero-order valence-corrected chi connectivity index (χ0v) is 33.6. The van der Waals surface area contributed by atoms with Crippen LogP contribution in [0.5, 0.6) is 5.75 Å². The summed E-state index contributed by atoms with van der Waals surface area (Å²) in [5.74, 6) is 3.11. The first-order valence-corrected chi connectivity index (χ1v) is 21.1.